The number of nitrogens with one attached hydrogen (secondary N) is 2. The summed E-state index contributed by atoms with van der Waals surface area (Å²) in [5.41, 5.74) is 0. The van der Waals surface area contributed by atoms with E-state index in [4.69, 9.17) is 5.11 Å². The number of urea groups is 1. The van der Waals surface area contributed by atoms with Crippen LogP contribution in [0, 0.1) is 5.92 Å². The summed E-state index contributed by atoms with van der Waals surface area (Å²) < 4.78 is 0. The van der Waals surface area contributed by atoms with E-state index >= 15 is 0 Å². The molecule has 0 aromatic carbocycles. The first-order valence-corrected chi connectivity index (χ1v) is 6.92. The summed E-state index contributed by atoms with van der Waals surface area (Å²) in [5.74, 6) is -1.50. The van der Waals surface area contributed by atoms with E-state index in [1.807, 2.05) is 6.92 Å². The number of rotatable bonds is 6. The van der Waals surface area contributed by atoms with Crippen LogP contribution < -0.4 is 10.6 Å². The molecule has 0 bridgehead atoms. The van der Waals surface area contributed by atoms with Crippen molar-refractivity contribution in [2.45, 2.75) is 45.7 Å². The van der Waals surface area contributed by atoms with Gasteiger partial charge in [0, 0.05) is 18.6 Å². The Morgan fingerprint density at radius 2 is 1.74 bits per heavy atom. The van der Waals surface area contributed by atoms with Crippen LogP contribution in [0.2, 0.25) is 0 Å². The van der Waals surface area contributed by atoms with Crippen LogP contribution in [0.5, 0.6) is 0 Å². The van der Waals surface area contributed by atoms with E-state index in [0.29, 0.717) is 0 Å². The van der Waals surface area contributed by atoms with Gasteiger partial charge in [-0.2, -0.15) is 0 Å². The van der Waals surface area contributed by atoms with Crippen molar-refractivity contribution in [1.29, 1.82) is 0 Å². The zero-order valence-corrected chi connectivity index (χ0v) is 12.0. The van der Waals surface area contributed by atoms with E-state index in [0.717, 1.165) is 19.6 Å². The number of hydrogen-bond acceptors (Lipinski definition) is 3. The molecule has 0 radical (unpaired) electrons. The second-order valence-electron chi connectivity index (χ2n) is 5.44. The van der Waals surface area contributed by atoms with Gasteiger partial charge in [-0.25, -0.2) is 4.79 Å². The second-order valence-corrected chi connectivity index (χ2v) is 5.44. The molecule has 0 spiro atoms. The fraction of sp³-hybridized carbons (Fsp3) is 0.846. The molecule has 6 heteroatoms. The van der Waals surface area contributed by atoms with Gasteiger partial charge in [-0.3, -0.25) is 4.79 Å². The highest BCUT2D eigenvalue weighted by molar-refractivity contribution is 5.76. The molecule has 1 saturated heterocycles. The minimum atomic E-state index is -0.905. The predicted molar refractivity (Wildman–Crippen MR) is 73.1 cm³/mol. The third-order valence-electron chi connectivity index (χ3n) is 3.61. The fourth-order valence-electron chi connectivity index (χ4n) is 2.21. The van der Waals surface area contributed by atoms with Crippen molar-refractivity contribution >= 4 is 12.0 Å². The van der Waals surface area contributed by atoms with Crippen molar-refractivity contribution in [3.05, 3.63) is 0 Å². The summed E-state index contributed by atoms with van der Waals surface area (Å²) in [4.78, 5) is 24.9. The van der Waals surface area contributed by atoms with Crippen LogP contribution >= 0.6 is 0 Å². The molecule has 2 amide bonds. The molecule has 0 aromatic rings. The van der Waals surface area contributed by atoms with Gasteiger partial charge in [0.25, 0.3) is 0 Å². The average molecular weight is 271 g/mol. The molecule has 3 N–H and O–H groups in total. The van der Waals surface area contributed by atoms with Gasteiger partial charge in [-0.05, 0) is 46.7 Å². The maximum absolute atomic E-state index is 11.7. The van der Waals surface area contributed by atoms with Gasteiger partial charge in [-0.1, -0.05) is 0 Å². The molecule has 110 valence electrons. The Morgan fingerprint density at radius 3 is 2.26 bits per heavy atom. The lowest BCUT2D eigenvalue weighted by molar-refractivity contribution is -0.141. The van der Waals surface area contributed by atoms with Crippen LogP contribution in [-0.4, -0.2) is 53.7 Å². The number of nitrogens with zero attached hydrogens (tertiary/aromatic N) is 1. The lowest BCUT2D eigenvalue weighted by Gasteiger charge is -2.23. The largest absolute Gasteiger partial charge is 0.481 e. The SMILES string of the molecule is CC(CN1CCCC1)NC(=O)NC(C)C(C)C(=O)O. The molecular weight excluding hydrogens is 246 g/mol. The normalized spacial score (nSPS) is 20.6. The van der Waals surface area contributed by atoms with Gasteiger partial charge < -0.3 is 20.6 Å². The first-order chi connectivity index (χ1) is 8.90. The molecule has 1 heterocycles. The number of hydrogen-bond donors (Lipinski definition) is 3. The smallest absolute Gasteiger partial charge is 0.315 e. The van der Waals surface area contributed by atoms with E-state index in [9.17, 15) is 9.59 Å². The lowest BCUT2D eigenvalue weighted by atomic mass is 10.0. The topological polar surface area (TPSA) is 81.7 Å². The van der Waals surface area contributed by atoms with E-state index < -0.39 is 17.9 Å². The number of aliphatic carboxylic acids is 1. The van der Waals surface area contributed by atoms with Crippen LogP contribution in [0.25, 0.3) is 0 Å². The highest BCUT2D eigenvalue weighted by Gasteiger charge is 2.22. The van der Waals surface area contributed by atoms with Crippen LogP contribution in [0.4, 0.5) is 4.79 Å². The second kappa shape index (κ2) is 7.33. The van der Waals surface area contributed by atoms with Gasteiger partial charge in [0.15, 0.2) is 0 Å². The Labute approximate surface area is 114 Å². The molecule has 1 aliphatic rings. The highest BCUT2D eigenvalue weighted by atomic mass is 16.4. The Hall–Kier alpha value is -1.30. The van der Waals surface area contributed by atoms with Crippen molar-refractivity contribution in [2.75, 3.05) is 19.6 Å². The maximum atomic E-state index is 11.7. The highest BCUT2D eigenvalue weighted by Crippen LogP contribution is 2.07. The molecule has 0 aromatic heterocycles. The van der Waals surface area contributed by atoms with Gasteiger partial charge in [0.2, 0.25) is 0 Å². The molecule has 3 unspecified atom stereocenters. The van der Waals surface area contributed by atoms with Crippen LogP contribution in [0.15, 0.2) is 0 Å². The molecule has 3 atom stereocenters. The number of likely N-dealkylation sites (tertiary alicyclic amines) is 1. The summed E-state index contributed by atoms with van der Waals surface area (Å²) in [5, 5.41) is 14.4. The van der Waals surface area contributed by atoms with E-state index in [2.05, 4.69) is 15.5 Å². The summed E-state index contributed by atoms with van der Waals surface area (Å²) in [6.45, 7) is 8.28. The molecule has 1 fully saturated rings. The van der Waals surface area contributed by atoms with Crippen molar-refractivity contribution in [3.8, 4) is 0 Å². The molecule has 1 aliphatic heterocycles. The van der Waals surface area contributed by atoms with Crippen molar-refractivity contribution in [2.24, 2.45) is 5.92 Å². The van der Waals surface area contributed by atoms with E-state index in [1.165, 1.54) is 12.8 Å². The van der Waals surface area contributed by atoms with Gasteiger partial charge in [0.05, 0.1) is 5.92 Å². The van der Waals surface area contributed by atoms with Gasteiger partial charge in [-0.15, -0.1) is 0 Å². The van der Waals surface area contributed by atoms with Gasteiger partial charge in [0.1, 0.15) is 0 Å². The third kappa shape index (κ3) is 5.46. The Bertz CT molecular complexity index is 316. The maximum Gasteiger partial charge on any atom is 0.315 e. The molecule has 6 nitrogen and oxygen atoms in total. The van der Waals surface area contributed by atoms with Crippen LogP contribution in [0.1, 0.15) is 33.6 Å². The van der Waals surface area contributed by atoms with Crippen molar-refractivity contribution in [3.63, 3.8) is 0 Å². The Kier molecular flexibility index (Phi) is 6.08. The van der Waals surface area contributed by atoms with Crippen LogP contribution in [0.3, 0.4) is 0 Å². The number of carboxylic acid groups (broad SMARTS) is 1. The molecular formula is C13H25N3O3. The first-order valence-electron chi connectivity index (χ1n) is 6.92. The van der Waals surface area contributed by atoms with Crippen molar-refractivity contribution < 1.29 is 14.7 Å². The zero-order valence-electron chi connectivity index (χ0n) is 12.0. The average Bonchev–Trinajstić information content (AvgIpc) is 2.79. The summed E-state index contributed by atoms with van der Waals surface area (Å²) >= 11 is 0. The number of carbonyl (C=O) groups is 2. The quantitative estimate of drug-likeness (QED) is 0.670. The van der Waals surface area contributed by atoms with Gasteiger partial charge >= 0.3 is 12.0 Å². The Balaban J connectivity index is 2.27. The molecule has 0 aliphatic carbocycles. The monoisotopic (exact) mass is 271 g/mol. The zero-order chi connectivity index (χ0) is 14.4. The molecule has 19 heavy (non-hydrogen) atoms. The van der Waals surface area contributed by atoms with E-state index in [1.54, 1.807) is 13.8 Å². The fourth-order valence-corrected chi connectivity index (χ4v) is 2.21. The van der Waals surface area contributed by atoms with Crippen LogP contribution in [-0.2, 0) is 4.79 Å². The van der Waals surface area contributed by atoms with Crippen molar-refractivity contribution in [1.82, 2.24) is 15.5 Å². The summed E-state index contributed by atoms with van der Waals surface area (Å²) in [7, 11) is 0. The number of amides is 2. The molecule has 1 rings (SSSR count). The summed E-state index contributed by atoms with van der Waals surface area (Å²) in [6.07, 6.45) is 2.46. The third-order valence-corrected chi connectivity index (χ3v) is 3.61. The standard InChI is InChI=1S/C13H25N3O3/c1-9(8-16-6-4-5-7-16)14-13(19)15-11(3)10(2)12(17)18/h9-11H,4-8H2,1-3H3,(H,17,18)(H2,14,15,19). The Morgan fingerprint density at radius 1 is 1.16 bits per heavy atom. The number of carboxylic acids is 1. The summed E-state index contributed by atoms with van der Waals surface area (Å²) in [6, 6.07) is -0.630. The minimum absolute atomic E-state index is 0.0606. The molecule has 0 saturated carbocycles. The predicted octanol–water partition coefficient (Wildman–Crippen LogP) is 0.879. The number of carbonyl (C=O) groups excluding carboxylic acids is 1. The minimum Gasteiger partial charge on any atom is -0.481 e. The first kappa shape index (κ1) is 15.8. The van der Waals surface area contributed by atoms with E-state index in [-0.39, 0.29) is 12.1 Å². The lowest BCUT2D eigenvalue weighted by Crippen LogP contribution is -2.50.